The van der Waals surface area contributed by atoms with Crippen LogP contribution in [-0.2, 0) is 13.2 Å². The van der Waals surface area contributed by atoms with Crippen molar-refractivity contribution >= 4 is 41.0 Å². The standard InChI is InChI=1S/C23H21Cl3N2O2/c1-2-29-23-12-16(13-27-28-14-18-20(25)8-5-9-21(18)26)10-11-22(23)30-15-17-6-3-4-7-19(17)24/h3-13,28H,2,14-15H2,1H3/b27-13-. The van der Waals surface area contributed by atoms with Gasteiger partial charge in [-0.3, -0.25) is 0 Å². The van der Waals surface area contributed by atoms with Crippen molar-refractivity contribution in [1.29, 1.82) is 0 Å². The average Bonchev–Trinajstić information content (AvgIpc) is 2.73. The summed E-state index contributed by atoms with van der Waals surface area (Å²) in [6.45, 7) is 3.22. The molecular formula is C23H21Cl3N2O2. The summed E-state index contributed by atoms with van der Waals surface area (Å²) >= 11 is 18.5. The lowest BCUT2D eigenvalue weighted by Gasteiger charge is -2.13. The molecule has 0 heterocycles. The van der Waals surface area contributed by atoms with Crippen molar-refractivity contribution in [3.8, 4) is 11.5 Å². The minimum absolute atomic E-state index is 0.354. The number of ether oxygens (including phenoxy) is 2. The number of hydrazone groups is 1. The van der Waals surface area contributed by atoms with Crippen molar-refractivity contribution in [1.82, 2.24) is 5.43 Å². The van der Waals surface area contributed by atoms with Crippen molar-refractivity contribution in [2.45, 2.75) is 20.1 Å². The van der Waals surface area contributed by atoms with Crippen LogP contribution in [0.1, 0.15) is 23.6 Å². The molecule has 1 N–H and O–H groups in total. The maximum atomic E-state index is 6.20. The third kappa shape index (κ3) is 6.05. The van der Waals surface area contributed by atoms with Gasteiger partial charge >= 0.3 is 0 Å². The van der Waals surface area contributed by atoms with Gasteiger partial charge < -0.3 is 14.9 Å². The second-order valence-corrected chi connectivity index (χ2v) is 7.53. The van der Waals surface area contributed by atoms with Crippen LogP contribution in [0.3, 0.4) is 0 Å². The zero-order chi connectivity index (χ0) is 21.3. The minimum atomic E-state index is 0.354. The largest absolute Gasteiger partial charge is 0.490 e. The van der Waals surface area contributed by atoms with Crippen LogP contribution >= 0.6 is 34.8 Å². The quantitative estimate of drug-likeness (QED) is 0.282. The Morgan fingerprint density at radius 2 is 1.60 bits per heavy atom. The summed E-state index contributed by atoms with van der Waals surface area (Å²) in [5.74, 6) is 1.28. The van der Waals surface area contributed by atoms with Gasteiger partial charge in [-0.05, 0) is 48.9 Å². The van der Waals surface area contributed by atoms with Crippen LogP contribution in [0.4, 0.5) is 0 Å². The highest BCUT2D eigenvalue weighted by atomic mass is 35.5. The van der Waals surface area contributed by atoms with Gasteiger partial charge in [0.25, 0.3) is 0 Å². The lowest BCUT2D eigenvalue weighted by atomic mass is 10.2. The molecule has 0 saturated heterocycles. The molecule has 0 aliphatic carbocycles. The van der Waals surface area contributed by atoms with E-state index in [1.54, 1.807) is 18.3 Å². The van der Waals surface area contributed by atoms with Gasteiger partial charge in [0.05, 0.1) is 19.4 Å². The number of nitrogens with zero attached hydrogens (tertiary/aromatic N) is 1. The number of rotatable bonds is 9. The lowest BCUT2D eigenvalue weighted by Crippen LogP contribution is -2.07. The van der Waals surface area contributed by atoms with Crippen LogP contribution in [-0.4, -0.2) is 12.8 Å². The molecule has 156 valence electrons. The molecular weight excluding hydrogens is 443 g/mol. The molecule has 3 rings (SSSR count). The normalized spacial score (nSPS) is 10.9. The van der Waals surface area contributed by atoms with E-state index in [0.29, 0.717) is 46.3 Å². The lowest BCUT2D eigenvalue weighted by molar-refractivity contribution is 0.269. The third-order valence-electron chi connectivity index (χ3n) is 4.23. The Kier molecular flexibility index (Phi) is 8.26. The van der Waals surface area contributed by atoms with Gasteiger partial charge in [0.15, 0.2) is 11.5 Å². The van der Waals surface area contributed by atoms with E-state index in [1.807, 2.05) is 55.5 Å². The van der Waals surface area contributed by atoms with Gasteiger partial charge in [0, 0.05) is 26.2 Å². The molecule has 0 atom stereocenters. The molecule has 0 unspecified atom stereocenters. The Labute approximate surface area is 191 Å². The molecule has 7 heteroatoms. The smallest absolute Gasteiger partial charge is 0.161 e. The summed E-state index contributed by atoms with van der Waals surface area (Å²) in [6, 6.07) is 18.6. The fourth-order valence-corrected chi connectivity index (χ4v) is 3.43. The molecule has 0 saturated carbocycles. The van der Waals surface area contributed by atoms with Crippen molar-refractivity contribution in [2.24, 2.45) is 5.10 Å². The summed E-state index contributed by atoms with van der Waals surface area (Å²) in [5, 5.41) is 6.12. The summed E-state index contributed by atoms with van der Waals surface area (Å²) in [7, 11) is 0. The van der Waals surface area contributed by atoms with Gasteiger partial charge in [0.2, 0.25) is 0 Å². The van der Waals surface area contributed by atoms with E-state index in [4.69, 9.17) is 44.3 Å². The summed E-state index contributed by atoms with van der Waals surface area (Å²) in [4.78, 5) is 0. The van der Waals surface area contributed by atoms with E-state index >= 15 is 0 Å². The summed E-state index contributed by atoms with van der Waals surface area (Å²) in [6.07, 6.45) is 1.70. The second-order valence-electron chi connectivity index (χ2n) is 6.31. The van der Waals surface area contributed by atoms with Crippen LogP contribution in [0, 0.1) is 0 Å². The van der Waals surface area contributed by atoms with Crippen LogP contribution in [0.5, 0.6) is 11.5 Å². The molecule has 0 bridgehead atoms. The first kappa shape index (κ1) is 22.3. The average molecular weight is 464 g/mol. The van der Waals surface area contributed by atoms with Crippen LogP contribution in [0.15, 0.2) is 65.8 Å². The van der Waals surface area contributed by atoms with E-state index in [2.05, 4.69) is 10.5 Å². The first-order chi connectivity index (χ1) is 14.6. The molecule has 0 aromatic heterocycles. The summed E-state index contributed by atoms with van der Waals surface area (Å²) < 4.78 is 11.7. The van der Waals surface area contributed by atoms with Crippen LogP contribution in [0.25, 0.3) is 0 Å². The Bertz CT molecular complexity index is 1000. The van der Waals surface area contributed by atoms with Crippen molar-refractivity contribution in [2.75, 3.05) is 6.61 Å². The molecule has 0 aliphatic rings. The monoisotopic (exact) mass is 462 g/mol. The number of halogens is 3. The van der Waals surface area contributed by atoms with E-state index in [9.17, 15) is 0 Å². The molecule has 0 spiro atoms. The van der Waals surface area contributed by atoms with Crippen molar-refractivity contribution < 1.29 is 9.47 Å². The molecule has 30 heavy (non-hydrogen) atoms. The highest BCUT2D eigenvalue weighted by Crippen LogP contribution is 2.30. The number of benzene rings is 3. The second kappa shape index (κ2) is 11.1. The predicted molar refractivity (Wildman–Crippen MR) is 124 cm³/mol. The maximum Gasteiger partial charge on any atom is 0.161 e. The maximum absolute atomic E-state index is 6.20. The van der Waals surface area contributed by atoms with Gasteiger partial charge in [-0.1, -0.05) is 59.1 Å². The SMILES string of the molecule is CCOc1cc(/C=N\NCc2c(Cl)cccc2Cl)ccc1OCc1ccccc1Cl. The molecule has 3 aromatic carbocycles. The van der Waals surface area contributed by atoms with E-state index in [1.165, 1.54) is 0 Å². The fraction of sp³-hybridized carbons (Fsp3) is 0.174. The highest BCUT2D eigenvalue weighted by molar-refractivity contribution is 6.36. The molecule has 0 fully saturated rings. The van der Waals surface area contributed by atoms with Crippen LogP contribution in [0.2, 0.25) is 15.1 Å². The Morgan fingerprint density at radius 1 is 0.867 bits per heavy atom. The van der Waals surface area contributed by atoms with Crippen molar-refractivity contribution in [3.63, 3.8) is 0 Å². The predicted octanol–water partition coefficient (Wildman–Crippen LogP) is 6.75. The third-order valence-corrected chi connectivity index (χ3v) is 5.31. The zero-order valence-electron chi connectivity index (χ0n) is 16.4. The van der Waals surface area contributed by atoms with Gasteiger partial charge in [-0.2, -0.15) is 5.10 Å². The Balaban J connectivity index is 1.65. The van der Waals surface area contributed by atoms with Gasteiger partial charge in [-0.25, -0.2) is 0 Å². The number of hydrogen-bond donors (Lipinski definition) is 1. The van der Waals surface area contributed by atoms with E-state index < -0.39 is 0 Å². The zero-order valence-corrected chi connectivity index (χ0v) is 18.6. The molecule has 0 amide bonds. The Morgan fingerprint density at radius 3 is 2.33 bits per heavy atom. The first-order valence-corrected chi connectivity index (χ1v) is 10.5. The number of nitrogens with one attached hydrogen (secondary N) is 1. The summed E-state index contributed by atoms with van der Waals surface area (Å²) in [5.41, 5.74) is 5.54. The van der Waals surface area contributed by atoms with Gasteiger partial charge in [0.1, 0.15) is 6.61 Å². The van der Waals surface area contributed by atoms with Crippen molar-refractivity contribution in [3.05, 3.63) is 92.4 Å². The van der Waals surface area contributed by atoms with Crippen LogP contribution < -0.4 is 14.9 Å². The minimum Gasteiger partial charge on any atom is -0.490 e. The molecule has 4 nitrogen and oxygen atoms in total. The van der Waals surface area contributed by atoms with Gasteiger partial charge in [-0.15, -0.1) is 0 Å². The topological polar surface area (TPSA) is 42.8 Å². The molecule has 0 aliphatic heterocycles. The van der Waals surface area contributed by atoms with E-state index in [0.717, 1.165) is 16.7 Å². The highest BCUT2D eigenvalue weighted by Gasteiger charge is 2.08. The van der Waals surface area contributed by atoms with E-state index in [-0.39, 0.29) is 0 Å². The number of hydrogen-bond acceptors (Lipinski definition) is 4. The first-order valence-electron chi connectivity index (χ1n) is 9.40. The Hall–Kier alpha value is -2.40. The molecule has 3 aromatic rings. The molecule has 0 radical (unpaired) electrons. The fourth-order valence-electron chi connectivity index (χ4n) is 2.71.